The van der Waals surface area contributed by atoms with Crippen LogP contribution in [0, 0.1) is 11.8 Å². The fraction of sp³-hybridized carbons (Fsp3) is 0.629. The minimum atomic E-state index is -0.0556. The lowest BCUT2D eigenvalue weighted by molar-refractivity contribution is 0.112. The molecule has 0 radical (unpaired) electrons. The van der Waals surface area contributed by atoms with Crippen molar-refractivity contribution in [3.63, 3.8) is 0 Å². The van der Waals surface area contributed by atoms with Crippen LogP contribution in [0.5, 0.6) is 0 Å². The number of aldehydes is 1. The van der Waals surface area contributed by atoms with Gasteiger partial charge in [0.25, 0.3) is 5.56 Å². The Morgan fingerprint density at radius 3 is 2.05 bits per heavy atom. The number of carbonyl (C=O) groups excluding carboxylic acids is 1. The molecule has 1 fully saturated rings. The van der Waals surface area contributed by atoms with Crippen molar-refractivity contribution in [1.82, 2.24) is 24.2 Å². The Morgan fingerprint density at radius 1 is 1.00 bits per heavy atom. The zero-order valence-electron chi connectivity index (χ0n) is 28.7. The summed E-state index contributed by atoms with van der Waals surface area (Å²) in [6, 6.07) is 7.32. The minimum absolute atomic E-state index is 0.0183. The predicted molar refractivity (Wildman–Crippen MR) is 187 cm³/mol. The Balaban J connectivity index is 0.000000283. The third-order valence-corrected chi connectivity index (χ3v) is 8.98. The molecule has 5 rings (SSSR count). The van der Waals surface area contributed by atoms with Crippen molar-refractivity contribution in [2.75, 3.05) is 33.2 Å². The van der Waals surface area contributed by atoms with Gasteiger partial charge >= 0.3 is 0 Å². The van der Waals surface area contributed by atoms with Gasteiger partial charge in [-0.05, 0) is 100 Å². The van der Waals surface area contributed by atoms with Gasteiger partial charge in [-0.2, -0.15) is 0 Å². The van der Waals surface area contributed by atoms with E-state index >= 15 is 0 Å². The third kappa shape index (κ3) is 10.3. The van der Waals surface area contributed by atoms with Gasteiger partial charge in [0, 0.05) is 17.5 Å². The summed E-state index contributed by atoms with van der Waals surface area (Å²) in [5.41, 5.74) is 2.83. The number of benzene rings is 1. The lowest BCUT2D eigenvalue weighted by Gasteiger charge is -2.18. The van der Waals surface area contributed by atoms with Crippen molar-refractivity contribution in [2.24, 2.45) is 18.9 Å². The molecule has 1 aliphatic heterocycles. The van der Waals surface area contributed by atoms with Gasteiger partial charge in [-0.1, -0.05) is 62.3 Å². The molecular weight excluding hydrogens is 554 g/mol. The van der Waals surface area contributed by atoms with Crippen LogP contribution in [-0.2, 0) is 12.5 Å². The van der Waals surface area contributed by atoms with Crippen LogP contribution in [0.1, 0.15) is 103 Å². The molecule has 43 heavy (non-hydrogen) atoms. The number of aromatic nitrogens is 3. The van der Waals surface area contributed by atoms with Gasteiger partial charge in [0.2, 0.25) is 5.78 Å². The third-order valence-electron chi connectivity index (χ3n) is 7.44. The van der Waals surface area contributed by atoms with Crippen molar-refractivity contribution in [3.8, 4) is 0 Å². The predicted octanol–water partition coefficient (Wildman–Crippen LogP) is 7.92. The van der Waals surface area contributed by atoms with Crippen LogP contribution in [0.15, 0.2) is 29.1 Å². The van der Waals surface area contributed by atoms with E-state index in [0.717, 1.165) is 39.5 Å². The average molecular weight is 612 g/mol. The molecule has 0 bridgehead atoms. The molecule has 0 spiro atoms. The van der Waals surface area contributed by atoms with E-state index in [-0.39, 0.29) is 11.0 Å². The van der Waals surface area contributed by atoms with E-state index in [1.165, 1.54) is 63.2 Å². The van der Waals surface area contributed by atoms with Crippen molar-refractivity contribution >= 4 is 44.7 Å². The van der Waals surface area contributed by atoms with Crippen LogP contribution in [0.3, 0.4) is 0 Å². The van der Waals surface area contributed by atoms with Crippen LogP contribution in [0.25, 0.3) is 27.0 Å². The largest absolute Gasteiger partial charge is 0.317 e. The molecule has 240 valence electrons. The van der Waals surface area contributed by atoms with E-state index in [0.29, 0.717) is 16.0 Å². The highest BCUT2D eigenvalue weighted by Gasteiger charge is 2.21. The summed E-state index contributed by atoms with van der Waals surface area (Å²) in [5.74, 6) is 2.27. The highest BCUT2D eigenvalue weighted by Crippen LogP contribution is 2.32. The van der Waals surface area contributed by atoms with E-state index in [2.05, 4.69) is 65.7 Å². The van der Waals surface area contributed by atoms with Crippen LogP contribution in [-0.4, -0.2) is 58.4 Å². The van der Waals surface area contributed by atoms with Gasteiger partial charge in [-0.15, -0.1) is 11.3 Å². The number of hydrogen-bond acceptors (Lipinski definition) is 6. The normalized spacial score (nSPS) is 13.3. The SMILES string of the molecule is C1CCNC1.CC.CC(C)CCN(C)CCC(C)C.Cn1c2cc(C=O)ccc2n2c(=O)c3sc(C(C)(C)C)cc3nc12. The van der Waals surface area contributed by atoms with Crippen LogP contribution in [0.4, 0.5) is 0 Å². The second-order valence-corrected chi connectivity index (χ2v) is 14.2. The van der Waals surface area contributed by atoms with E-state index in [1.54, 1.807) is 22.6 Å². The molecule has 1 aliphatic rings. The van der Waals surface area contributed by atoms with E-state index in [4.69, 9.17) is 4.98 Å². The zero-order valence-corrected chi connectivity index (χ0v) is 29.5. The molecule has 4 heterocycles. The molecule has 1 N–H and O–H groups in total. The Bertz CT molecular complexity index is 1470. The van der Waals surface area contributed by atoms with Gasteiger partial charge in [0.05, 0.1) is 16.6 Å². The summed E-state index contributed by atoms with van der Waals surface area (Å²) >= 11 is 1.51. The first-order valence-electron chi connectivity index (χ1n) is 16.1. The maximum absolute atomic E-state index is 13.1. The Labute approximate surface area is 263 Å². The summed E-state index contributed by atoms with van der Waals surface area (Å²) in [6.07, 6.45) is 6.24. The molecule has 4 aromatic rings. The van der Waals surface area contributed by atoms with Gasteiger partial charge < -0.3 is 14.8 Å². The molecule has 0 aliphatic carbocycles. The van der Waals surface area contributed by atoms with Crippen LogP contribution < -0.4 is 10.9 Å². The van der Waals surface area contributed by atoms with Crippen molar-refractivity contribution in [2.45, 2.75) is 93.4 Å². The number of nitrogens with one attached hydrogen (secondary N) is 1. The summed E-state index contributed by atoms with van der Waals surface area (Å²) in [4.78, 5) is 32.4. The highest BCUT2D eigenvalue weighted by molar-refractivity contribution is 7.19. The maximum atomic E-state index is 13.1. The number of hydrogen-bond donors (Lipinski definition) is 1. The van der Waals surface area contributed by atoms with E-state index in [9.17, 15) is 9.59 Å². The first kappa shape index (κ1) is 36.6. The molecule has 3 aromatic heterocycles. The number of imidazole rings is 1. The van der Waals surface area contributed by atoms with Gasteiger partial charge in [-0.3, -0.25) is 9.59 Å². The first-order valence-corrected chi connectivity index (χ1v) is 16.9. The number of rotatable bonds is 7. The molecule has 0 saturated carbocycles. The average Bonchev–Trinajstić information content (AvgIpc) is 3.74. The second-order valence-electron chi connectivity index (χ2n) is 13.2. The summed E-state index contributed by atoms with van der Waals surface area (Å²) in [6.45, 7) is 24.6. The minimum Gasteiger partial charge on any atom is -0.317 e. The molecule has 0 atom stereocenters. The number of aryl methyl sites for hydroxylation is 1. The molecule has 0 amide bonds. The topological polar surface area (TPSA) is 71.6 Å². The van der Waals surface area contributed by atoms with Crippen molar-refractivity contribution in [1.29, 1.82) is 0 Å². The highest BCUT2D eigenvalue weighted by atomic mass is 32.1. The number of carbonyl (C=O) groups is 1. The standard InChI is InChI=1S/C18H17N3O2S.C11H25N.C4H9N.C2H6/c1-18(2,3)14-8-11-15(24-14)16(23)21-12-6-5-10(9-22)7-13(12)20(4)17(21)19-11;1-10(2)6-8-12(5)9-7-11(3)4;1-2-4-5-3-1;1-2/h5-9H,1-4H3;10-11H,6-9H2,1-5H3;5H,1-4H2;1-2H3. The van der Waals surface area contributed by atoms with Gasteiger partial charge in [0.15, 0.2) is 0 Å². The Hall–Kier alpha value is -2.55. The molecule has 7 nitrogen and oxygen atoms in total. The molecular formula is C35H57N5O2S. The summed E-state index contributed by atoms with van der Waals surface area (Å²) in [7, 11) is 4.09. The Morgan fingerprint density at radius 2 is 1.58 bits per heavy atom. The molecule has 1 aromatic carbocycles. The second kappa shape index (κ2) is 17.1. The molecule has 0 unspecified atom stereocenters. The fourth-order valence-electron chi connectivity index (χ4n) is 4.65. The molecule has 8 heteroatoms. The lowest BCUT2D eigenvalue weighted by atomic mass is 9.95. The zero-order chi connectivity index (χ0) is 32.3. The maximum Gasteiger partial charge on any atom is 0.277 e. The number of nitrogens with zero attached hydrogens (tertiary/aromatic N) is 4. The number of thiophene rings is 1. The van der Waals surface area contributed by atoms with Crippen LogP contribution >= 0.6 is 11.3 Å². The fourth-order valence-corrected chi connectivity index (χ4v) is 5.74. The smallest absolute Gasteiger partial charge is 0.277 e. The lowest BCUT2D eigenvalue weighted by Crippen LogP contribution is -2.23. The Kier molecular flexibility index (Phi) is 14.5. The summed E-state index contributed by atoms with van der Waals surface area (Å²) < 4.78 is 4.16. The van der Waals surface area contributed by atoms with Crippen molar-refractivity contribution < 1.29 is 4.79 Å². The quantitative estimate of drug-likeness (QED) is 0.215. The van der Waals surface area contributed by atoms with Crippen molar-refractivity contribution in [3.05, 3.63) is 45.1 Å². The number of fused-ring (bicyclic) bond motifs is 4. The van der Waals surface area contributed by atoms with Gasteiger partial charge in [-0.25, -0.2) is 9.38 Å². The van der Waals surface area contributed by atoms with E-state index < -0.39 is 0 Å². The monoisotopic (exact) mass is 611 g/mol. The first-order chi connectivity index (χ1) is 20.3. The molecule has 1 saturated heterocycles. The van der Waals surface area contributed by atoms with Gasteiger partial charge in [0.1, 0.15) is 11.0 Å². The van der Waals surface area contributed by atoms with E-state index in [1.807, 2.05) is 31.5 Å². The van der Waals surface area contributed by atoms with Crippen LogP contribution in [0.2, 0.25) is 0 Å². The summed E-state index contributed by atoms with van der Waals surface area (Å²) in [5, 5.41) is 3.22.